The Morgan fingerprint density at radius 2 is 1.76 bits per heavy atom. The third-order valence-electron chi connectivity index (χ3n) is 4.71. The first-order valence-electron chi connectivity index (χ1n) is 9.48. The lowest BCUT2D eigenvalue weighted by atomic mass is 10.2. The number of nitrogens with zero attached hydrogens (tertiary/aromatic N) is 6. The molecule has 2 aromatic carbocycles. The number of para-hydroxylation sites is 1. The van der Waals surface area contributed by atoms with Crippen molar-refractivity contribution in [1.29, 1.82) is 0 Å². The maximum atomic E-state index is 13.0. The molecule has 2 heterocycles. The number of aliphatic hydroxyl groups is 1. The Morgan fingerprint density at radius 3 is 2.42 bits per heavy atom. The third-order valence-corrected chi connectivity index (χ3v) is 5.28. The molecule has 1 unspecified atom stereocenters. The fourth-order valence-electron chi connectivity index (χ4n) is 3.08. The number of aliphatic hydroxyl groups excluding tert-OH is 1. The summed E-state index contributed by atoms with van der Waals surface area (Å²) in [6, 6.07) is 13.0. The largest absolute Gasteiger partial charge is 0.416 e. The SMILES string of the molecule is O=c1n(Cc2cn(-c3ccccc3Cl)nn2)nc(-c2ccc(Cl)cc2)n1CC(O)C(F)(F)F. The van der Waals surface area contributed by atoms with E-state index in [1.807, 2.05) is 0 Å². The van der Waals surface area contributed by atoms with Gasteiger partial charge in [0.15, 0.2) is 11.9 Å². The van der Waals surface area contributed by atoms with E-state index in [-0.39, 0.29) is 12.4 Å². The second-order valence-electron chi connectivity index (χ2n) is 7.04. The minimum atomic E-state index is -4.91. The van der Waals surface area contributed by atoms with Crippen LogP contribution < -0.4 is 5.69 Å². The average molecular weight is 499 g/mol. The number of aromatic nitrogens is 6. The molecule has 4 aromatic rings. The predicted octanol–water partition coefficient (Wildman–Crippen LogP) is 3.57. The van der Waals surface area contributed by atoms with Crippen LogP contribution in [0.1, 0.15) is 5.69 Å². The lowest BCUT2D eigenvalue weighted by molar-refractivity contribution is -0.207. The molecule has 1 N–H and O–H groups in total. The summed E-state index contributed by atoms with van der Waals surface area (Å²) in [7, 11) is 0. The van der Waals surface area contributed by atoms with E-state index in [0.717, 1.165) is 9.25 Å². The highest BCUT2D eigenvalue weighted by Crippen LogP contribution is 2.24. The van der Waals surface area contributed by atoms with E-state index in [1.165, 1.54) is 35.1 Å². The van der Waals surface area contributed by atoms with Gasteiger partial charge in [0, 0.05) is 10.6 Å². The van der Waals surface area contributed by atoms with Crippen LogP contribution in [0.25, 0.3) is 17.1 Å². The van der Waals surface area contributed by atoms with Crippen LogP contribution in [0.5, 0.6) is 0 Å². The predicted molar refractivity (Wildman–Crippen MR) is 114 cm³/mol. The molecule has 0 saturated heterocycles. The minimum absolute atomic E-state index is 0.0570. The number of alkyl halides is 3. The first-order chi connectivity index (χ1) is 15.6. The van der Waals surface area contributed by atoms with Crippen LogP contribution in [0.15, 0.2) is 59.5 Å². The second kappa shape index (κ2) is 9.00. The lowest BCUT2D eigenvalue weighted by Crippen LogP contribution is -2.37. The molecule has 0 aliphatic heterocycles. The smallest absolute Gasteiger partial charge is 0.382 e. The number of hydrogen-bond acceptors (Lipinski definition) is 5. The van der Waals surface area contributed by atoms with Gasteiger partial charge < -0.3 is 5.11 Å². The standard InChI is InChI=1S/C20H15Cl2F3N6O2/c21-13-7-5-12(6-8-13)18-27-31(19(33)29(18)11-17(32)20(23,24)25)10-14-9-30(28-26-14)16-4-2-1-3-15(16)22/h1-9,17,32H,10-11H2. The van der Waals surface area contributed by atoms with Gasteiger partial charge in [0.05, 0.1) is 30.0 Å². The first-order valence-corrected chi connectivity index (χ1v) is 10.2. The Labute approximate surface area is 194 Å². The van der Waals surface area contributed by atoms with Gasteiger partial charge in [-0.3, -0.25) is 4.57 Å². The normalized spacial score (nSPS) is 12.8. The van der Waals surface area contributed by atoms with E-state index < -0.39 is 24.5 Å². The van der Waals surface area contributed by atoms with Crippen molar-refractivity contribution in [2.45, 2.75) is 25.4 Å². The fraction of sp³-hybridized carbons (Fsp3) is 0.200. The highest BCUT2D eigenvalue weighted by atomic mass is 35.5. The summed E-state index contributed by atoms with van der Waals surface area (Å²) in [5.74, 6) is -0.0570. The maximum Gasteiger partial charge on any atom is 0.416 e. The molecule has 0 saturated carbocycles. The van der Waals surface area contributed by atoms with Crippen molar-refractivity contribution in [2.24, 2.45) is 0 Å². The van der Waals surface area contributed by atoms with Crippen LogP contribution in [-0.4, -0.2) is 46.7 Å². The zero-order valence-electron chi connectivity index (χ0n) is 16.6. The Bertz CT molecular complexity index is 1330. The molecule has 2 aromatic heterocycles. The number of rotatable bonds is 6. The number of benzene rings is 2. The lowest BCUT2D eigenvalue weighted by Gasteiger charge is -2.15. The van der Waals surface area contributed by atoms with Crippen LogP contribution in [0.2, 0.25) is 10.0 Å². The molecule has 0 spiro atoms. The third kappa shape index (κ3) is 4.95. The highest BCUT2D eigenvalue weighted by molar-refractivity contribution is 6.32. The van der Waals surface area contributed by atoms with Crippen LogP contribution >= 0.6 is 23.2 Å². The average Bonchev–Trinajstić information content (AvgIpc) is 3.34. The van der Waals surface area contributed by atoms with Crippen molar-refractivity contribution in [3.8, 4) is 17.1 Å². The number of halogens is 5. The first kappa shape index (κ1) is 23.0. The van der Waals surface area contributed by atoms with Crippen molar-refractivity contribution in [3.63, 3.8) is 0 Å². The van der Waals surface area contributed by atoms with E-state index in [4.69, 9.17) is 23.2 Å². The van der Waals surface area contributed by atoms with Gasteiger partial charge in [-0.1, -0.05) is 40.5 Å². The Morgan fingerprint density at radius 1 is 1.06 bits per heavy atom. The summed E-state index contributed by atoms with van der Waals surface area (Å²) >= 11 is 12.0. The van der Waals surface area contributed by atoms with Gasteiger partial charge in [-0.05, 0) is 36.4 Å². The van der Waals surface area contributed by atoms with Gasteiger partial charge in [0.25, 0.3) is 0 Å². The summed E-state index contributed by atoms with van der Waals surface area (Å²) in [6.07, 6.45) is -6.13. The van der Waals surface area contributed by atoms with Crippen LogP contribution in [-0.2, 0) is 13.1 Å². The highest BCUT2D eigenvalue weighted by Gasteiger charge is 2.39. The van der Waals surface area contributed by atoms with Crippen molar-refractivity contribution in [1.82, 2.24) is 29.3 Å². The molecule has 33 heavy (non-hydrogen) atoms. The Balaban J connectivity index is 1.71. The second-order valence-corrected chi connectivity index (χ2v) is 7.89. The number of hydrogen-bond donors (Lipinski definition) is 1. The van der Waals surface area contributed by atoms with E-state index in [0.29, 0.717) is 27.0 Å². The molecule has 0 bridgehead atoms. The Kier molecular flexibility index (Phi) is 6.28. The van der Waals surface area contributed by atoms with Crippen LogP contribution in [0, 0.1) is 0 Å². The van der Waals surface area contributed by atoms with Gasteiger partial charge in [-0.15, -0.1) is 10.2 Å². The summed E-state index contributed by atoms with van der Waals surface area (Å²) in [4.78, 5) is 12.9. The topological polar surface area (TPSA) is 90.8 Å². The van der Waals surface area contributed by atoms with Gasteiger partial charge in [-0.2, -0.15) is 13.2 Å². The molecule has 0 fully saturated rings. The van der Waals surface area contributed by atoms with Crippen molar-refractivity contribution in [3.05, 3.63) is 81.0 Å². The van der Waals surface area contributed by atoms with Gasteiger partial charge in [-0.25, -0.2) is 14.2 Å². The molecule has 172 valence electrons. The molecule has 0 amide bonds. The molecule has 13 heteroatoms. The molecule has 0 aliphatic carbocycles. The van der Waals surface area contributed by atoms with E-state index in [1.54, 1.807) is 24.3 Å². The van der Waals surface area contributed by atoms with Gasteiger partial charge in [0.1, 0.15) is 5.69 Å². The molecule has 0 radical (unpaired) electrons. The zero-order chi connectivity index (χ0) is 23.8. The quantitative estimate of drug-likeness (QED) is 0.438. The minimum Gasteiger partial charge on any atom is -0.382 e. The molecule has 0 aliphatic rings. The summed E-state index contributed by atoms with van der Waals surface area (Å²) in [5.41, 5.74) is 0.381. The Hall–Kier alpha value is -3.15. The molecule has 1 atom stereocenters. The molecular weight excluding hydrogens is 484 g/mol. The summed E-state index contributed by atoms with van der Waals surface area (Å²) in [5, 5.41) is 22.5. The summed E-state index contributed by atoms with van der Waals surface area (Å²) < 4.78 is 42.0. The zero-order valence-corrected chi connectivity index (χ0v) is 18.1. The summed E-state index contributed by atoms with van der Waals surface area (Å²) in [6.45, 7) is -1.19. The van der Waals surface area contributed by atoms with Crippen LogP contribution in [0.3, 0.4) is 0 Å². The van der Waals surface area contributed by atoms with Crippen molar-refractivity contribution in [2.75, 3.05) is 0 Å². The van der Waals surface area contributed by atoms with E-state index in [2.05, 4.69) is 15.4 Å². The van der Waals surface area contributed by atoms with Gasteiger partial charge in [0.2, 0.25) is 0 Å². The molecular formula is C20H15Cl2F3N6O2. The van der Waals surface area contributed by atoms with Crippen LogP contribution in [0.4, 0.5) is 13.2 Å². The van der Waals surface area contributed by atoms with E-state index >= 15 is 0 Å². The maximum absolute atomic E-state index is 13.0. The fourth-order valence-corrected chi connectivity index (χ4v) is 3.43. The molecule has 4 rings (SSSR count). The molecule has 8 nitrogen and oxygen atoms in total. The van der Waals surface area contributed by atoms with E-state index in [9.17, 15) is 23.1 Å². The van der Waals surface area contributed by atoms with Gasteiger partial charge >= 0.3 is 11.9 Å². The van der Waals surface area contributed by atoms with Crippen molar-refractivity contribution >= 4 is 23.2 Å². The van der Waals surface area contributed by atoms with Crippen molar-refractivity contribution < 1.29 is 18.3 Å². The monoisotopic (exact) mass is 498 g/mol.